The summed E-state index contributed by atoms with van der Waals surface area (Å²) in [5, 5.41) is 3.72. The molecule has 1 aromatic rings. The van der Waals surface area contributed by atoms with Crippen LogP contribution < -0.4 is 5.32 Å². The van der Waals surface area contributed by atoms with E-state index in [2.05, 4.69) is 70.3 Å². The van der Waals surface area contributed by atoms with Crippen LogP contribution in [-0.4, -0.2) is 12.6 Å². The molecule has 0 aliphatic heterocycles. The van der Waals surface area contributed by atoms with Gasteiger partial charge in [0.25, 0.3) is 0 Å². The molecule has 0 amide bonds. The molecule has 1 atom stereocenters. The highest BCUT2D eigenvalue weighted by Crippen LogP contribution is 2.33. The Morgan fingerprint density at radius 1 is 1.00 bits per heavy atom. The van der Waals surface area contributed by atoms with Gasteiger partial charge >= 0.3 is 0 Å². The van der Waals surface area contributed by atoms with E-state index in [4.69, 9.17) is 0 Å². The topological polar surface area (TPSA) is 12.0 Å². The van der Waals surface area contributed by atoms with Gasteiger partial charge in [-0.05, 0) is 18.0 Å². The summed E-state index contributed by atoms with van der Waals surface area (Å²) in [7, 11) is 0. The fourth-order valence-corrected chi connectivity index (χ4v) is 3.04. The van der Waals surface area contributed by atoms with Crippen LogP contribution in [0.1, 0.15) is 53.0 Å². The molecule has 0 fully saturated rings. The third kappa shape index (κ3) is 3.35. The molecule has 0 saturated carbocycles. The van der Waals surface area contributed by atoms with Crippen molar-refractivity contribution >= 4 is 0 Å². The summed E-state index contributed by atoms with van der Waals surface area (Å²) in [6, 6.07) is 11.4. The Hall–Kier alpha value is -0.820. The average molecular weight is 247 g/mol. The van der Waals surface area contributed by atoms with Crippen LogP contribution in [0.3, 0.4) is 0 Å². The second kappa shape index (κ2) is 6.94. The molecule has 0 spiro atoms. The molecule has 102 valence electrons. The summed E-state index contributed by atoms with van der Waals surface area (Å²) in [6.07, 6.45) is 2.48. The van der Waals surface area contributed by atoms with Crippen LogP contribution in [0.5, 0.6) is 0 Å². The maximum atomic E-state index is 3.72. The lowest BCUT2D eigenvalue weighted by atomic mass is 9.71. The molecule has 1 unspecified atom stereocenters. The quantitative estimate of drug-likeness (QED) is 0.754. The fraction of sp³-hybridized carbons (Fsp3) is 0.647. The lowest BCUT2D eigenvalue weighted by Crippen LogP contribution is -2.49. The van der Waals surface area contributed by atoms with E-state index in [1.807, 2.05) is 0 Å². The first kappa shape index (κ1) is 15.2. The molecule has 0 aliphatic rings. The maximum Gasteiger partial charge on any atom is 0.0187 e. The molecule has 18 heavy (non-hydrogen) atoms. The molecule has 0 saturated heterocycles. The fourth-order valence-electron chi connectivity index (χ4n) is 3.04. The summed E-state index contributed by atoms with van der Waals surface area (Å²) in [5.74, 6) is 0.736. The minimum absolute atomic E-state index is 0.175. The van der Waals surface area contributed by atoms with Crippen molar-refractivity contribution in [2.24, 2.45) is 5.92 Å². The average Bonchev–Trinajstić information content (AvgIpc) is 2.40. The lowest BCUT2D eigenvalue weighted by Gasteiger charge is -2.40. The first-order chi connectivity index (χ1) is 8.57. The molecule has 0 heterocycles. The molecule has 0 aromatic heterocycles. The number of benzene rings is 1. The van der Waals surface area contributed by atoms with Crippen molar-refractivity contribution in [1.29, 1.82) is 0 Å². The van der Waals surface area contributed by atoms with Crippen molar-refractivity contribution < 1.29 is 0 Å². The van der Waals surface area contributed by atoms with Gasteiger partial charge in [0.1, 0.15) is 0 Å². The van der Waals surface area contributed by atoms with E-state index in [1.54, 1.807) is 0 Å². The molecule has 1 N–H and O–H groups in total. The van der Waals surface area contributed by atoms with E-state index in [9.17, 15) is 0 Å². The van der Waals surface area contributed by atoms with Crippen LogP contribution in [0, 0.1) is 5.92 Å². The molecule has 1 heteroatoms. The van der Waals surface area contributed by atoms with Gasteiger partial charge in [-0.15, -0.1) is 0 Å². The Balaban J connectivity index is 3.03. The van der Waals surface area contributed by atoms with Crippen molar-refractivity contribution in [3.05, 3.63) is 35.9 Å². The van der Waals surface area contributed by atoms with Gasteiger partial charge in [-0.2, -0.15) is 0 Å². The van der Waals surface area contributed by atoms with E-state index in [0.717, 1.165) is 12.5 Å². The summed E-state index contributed by atoms with van der Waals surface area (Å²) < 4.78 is 0. The Morgan fingerprint density at radius 2 is 1.56 bits per heavy atom. The van der Waals surface area contributed by atoms with Crippen LogP contribution >= 0.6 is 0 Å². The molecule has 0 aliphatic carbocycles. The smallest absolute Gasteiger partial charge is 0.0187 e. The van der Waals surface area contributed by atoms with E-state index >= 15 is 0 Å². The number of rotatable bonds is 7. The summed E-state index contributed by atoms with van der Waals surface area (Å²) in [5.41, 5.74) is 1.61. The molecular formula is C17H29N. The molecular weight excluding hydrogens is 218 g/mol. The third-order valence-electron chi connectivity index (χ3n) is 4.24. The van der Waals surface area contributed by atoms with Crippen LogP contribution in [0.2, 0.25) is 0 Å². The van der Waals surface area contributed by atoms with Gasteiger partial charge in [0.2, 0.25) is 0 Å². The van der Waals surface area contributed by atoms with Gasteiger partial charge in [-0.3, -0.25) is 0 Å². The van der Waals surface area contributed by atoms with Gasteiger partial charge < -0.3 is 5.32 Å². The number of hydrogen-bond acceptors (Lipinski definition) is 1. The third-order valence-corrected chi connectivity index (χ3v) is 4.24. The summed E-state index contributed by atoms with van der Waals surface area (Å²) in [4.78, 5) is 0. The predicted octanol–water partition coefficient (Wildman–Crippen LogP) is 4.38. The second-order valence-corrected chi connectivity index (χ2v) is 5.70. The highest BCUT2D eigenvalue weighted by molar-refractivity contribution is 5.26. The van der Waals surface area contributed by atoms with Crippen molar-refractivity contribution in [2.45, 2.75) is 58.9 Å². The molecule has 0 radical (unpaired) electrons. The zero-order valence-electron chi connectivity index (χ0n) is 12.7. The SMILES string of the molecule is CCNC(C(CC)CC)C(C)(C)c1ccccc1. The van der Waals surface area contributed by atoms with Crippen LogP contribution in [0.15, 0.2) is 30.3 Å². The number of nitrogens with one attached hydrogen (secondary N) is 1. The number of likely N-dealkylation sites (N-methyl/N-ethyl adjacent to an activating group) is 1. The maximum absolute atomic E-state index is 3.72. The van der Waals surface area contributed by atoms with Crippen LogP contribution in [0.4, 0.5) is 0 Å². The Labute approximate surface area is 113 Å². The van der Waals surface area contributed by atoms with Crippen molar-refractivity contribution in [3.63, 3.8) is 0 Å². The van der Waals surface area contributed by atoms with Gasteiger partial charge in [-0.25, -0.2) is 0 Å². The second-order valence-electron chi connectivity index (χ2n) is 5.70. The lowest BCUT2D eigenvalue weighted by molar-refractivity contribution is 0.236. The first-order valence-electron chi connectivity index (χ1n) is 7.36. The molecule has 1 rings (SSSR count). The highest BCUT2D eigenvalue weighted by atomic mass is 14.9. The minimum atomic E-state index is 0.175. The van der Waals surface area contributed by atoms with Crippen LogP contribution in [-0.2, 0) is 5.41 Å². The normalized spacial score (nSPS) is 13.9. The largest absolute Gasteiger partial charge is 0.313 e. The molecule has 1 nitrogen and oxygen atoms in total. The highest BCUT2D eigenvalue weighted by Gasteiger charge is 2.34. The summed E-state index contributed by atoms with van der Waals surface area (Å²) >= 11 is 0. The zero-order valence-corrected chi connectivity index (χ0v) is 12.7. The predicted molar refractivity (Wildman–Crippen MR) is 81.0 cm³/mol. The van der Waals surface area contributed by atoms with Gasteiger partial charge in [0, 0.05) is 11.5 Å². The van der Waals surface area contributed by atoms with Gasteiger partial charge in [0.05, 0.1) is 0 Å². The van der Waals surface area contributed by atoms with E-state index in [1.165, 1.54) is 18.4 Å². The zero-order chi connectivity index (χ0) is 13.6. The standard InChI is InChI=1S/C17H29N/c1-6-14(7-2)16(18-8-3)17(4,5)15-12-10-9-11-13-15/h9-14,16,18H,6-8H2,1-5H3. The van der Waals surface area contributed by atoms with Crippen molar-refractivity contribution in [3.8, 4) is 0 Å². The van der Waals surface area contributed by atoms with Crippen LogP contribution in [0.25, 0.3) is 0 Å². The first-order valence-corrected chi connectivity index (χ1v) is 7.36. The number of hydrogen-bond donors (Lipinski definition) is 1. The van der Waals surface area contributed by atoms with E-state index in [0.29, 0.717) is 6.04 Å². The van der Waals surface area contributed by atoms with E-state index in [-0.39, 0.29) is 5.41 Å². The molecule has 0 bridgehead atoms. The Morgan fingerprint density at radius 3 is 2.00 bits per heavy atom. The van der Waals surface area contributed by atoms with Gasteiger partial charge in [-0.1, -0.05) is 77.8 Å². The summed E-state index contributed by atoms with van der Waals surface area (Å²) in [6.45, 7) is 12.6. The van der Waals surface area contributed by atoms with Crippen molar-refractivity contribution in [1.82, 2.24) is 5.32 Å². The van der Waals surface area contributed by atoms with Gasteiger partial charge in [0.15, 0.2) is 0 Å². The monoisotopic (exact) mass is 247 g/mol. The minimum Gasteiger partial charge on any atom is -0.313 e. The molecule has 1 aromatic carbocycles. The Bertz CT molecular complexity index is 325. The Kier molecular flexibility index (Phi) is 5.87. The van der Waals surface area contributed by atoms with E-state index < -0.39 is 0 Å². The van der Waals surface area contributed by atoms with Crippen molar-refractivity contribution in [2.75, 3.05) is 6.54 Å².